The summed E-state index contributed by atoms with van der Waals surface area (Å²) in [6, 6.07) is 7.50. The number of nitrogens with zero attached hydrogens (tertiary/aromatic N) is 3. The van der Waals surface area contributed by atoms with E-state index in [9.17, 15) is 4.79 Å². The highest BCUT2D eigenvalue weighted by atomic mass is 16.6. The van der Waals surface area contributed by atoms with E-state index in [1.807, 2.05) is 35.4 Å². The second-order valence-corrected chi connectivity index (χ2v) is 7.82. The maximum absolute atomic E-state index is 12.9. The molecule has 0 N–H and O–H groups in total. The van der Waals surface area contributed by atoms with Gasteiger partial charge in [-0.05, 0) is 44.2 Å². The van der Waals surface area contributed by atoms with Gasteiger partial charge in [0.05, 0.1) is 0 Å². The van der Waals surface area contributed by atoms with Crippen molar-refractivity contribution in [3.05, 3.63) is 42.0 Å². The number of imidazole rings is 1. The number of piperidine rings is 1. The predicted octanol–water partition coefficient (Wildman–Crippen LogP) is 2.81. The highest BCUT2D eigenvalue weighted by molar-refractivity contribution is 5.82. The predicted molar refractivity (Wildman–Crippen MR) is 108 cm³/mol. The fourth-order valence-corrected chi connectivity index (χ4v) is 4.16. The van der Waals surface area contributed by atoms with Crippen molar-refractivity contribution >= 4 is 5.91 Å². The Hall–Kier alpha value is -2.54. The van der Waals surface area contributed by atoms with Crippen molar-refractivity contribution in [2.75, 3.05) is 26.8 Å². The zero-order valence-corrected chi connectivity index (χ0v) is 17.2. The van der Waals surface area contributed by atoms with Crippen LogP contribution in [0.2, 0.25) is 0 Å². The van der Waals surface area contributed by atoms with Gasteiger partial charge in [0.25, 0.3) is 5.91 Å². The Morgan fingerprint density at radius 3 is 2.76 bits per heavy atom. The van der Waals surface area contributed by atoms with E-state index in [2.05, 4.69) is 16.5 Å². The molecule has 7 heteroatoms. The fraction of sp³-hybridized carbons (Fsp3) is 0.545. The second-order valence-electron chi connectivity index (χ2n) is 7.82. The lowest BCUT2D eigenvalue weighted by atomic mass is 9.93. The highest BCUT2D eigenvalue weighted by Crippen LogP contribution is 2.32. The number of carbonyl (C=O) groups excluding carboxylic acids is 1. The monoisotopic (exact) mass is 399 g/mol. The normalized spacial score (nSPS) is 19.4. The Kier molecular flexibility index (Phi) is 6.04. The number of aromatic nitrogens is 2. The summed E-state index contributed by atoms with van der Waals surface area (Å²) in [5.74, 6) is 2.98. The number of para-hydroxylation sites is 2. The summed E-state index contributed by atoms with van der Waals surface area (Å²) in [7, 11) is 1.70. The molecule has 0 saturated carbocycles. The van der Waals surface area contributed by atoms with E-state index in [0.717, 1.165) is 44.7 Å². The number of carbonyl (C=O) groups is 1. The number of ether oxygens (including phenoxy) is 3. The largest absolute Gasteiger partial charge is 0.485 e. The number of rotatable bonds is 6. The molecule has 0 bridgehead atoms. The fourth-order valence-electron chi connectivity index (χ4n) is 4.16. The molecule has 1 aromatic carbocycles. The summed E-state index contributed by atoms with van der Waals surface area (Å²) < 4.78 is 19.1. The molecule has 1 unspecified atom stereocenters. The van der Waals surface area contributed by atoms with Crippen LogP contribution in [0.1, 0.15) is 30.8 Å². The molecule has 0 aliphatic carbocycles. The Morgan fingerprint density at radius 1 is 1.24 bits per heavy atom. The molecule has 2 aromatic rings. The molecular weight excluding hydrogens is 370 g/mol. The van der Waals surface area contributed by atoms with Crippen molar-refractivity contribution < 1.29 is 19.0 Å². The number of fused-ring (bicyclic) bond motifs is 1. The quantitative estimate of drug-likeness (QED) is 0.747. The Labute approximate surface area is 171 Å². The van der Waals surface area contributed by atoms with Crippen LogP contribution in [0.5, 0.6) is 11.5 Å². The molecule has 156 valence electrons. The third-order valence-electron chi connectivity index (χ3n) is 5.88. The summed E-state index contributed by atoms with van der Waals surface area (Å²) in [5.41, 5.74) is 1.17. The lowest BCUT2D eigenvalue weighted by Crippen LogP contribution is -2.49. The smallest absolute Gasteiger partial charge is 0.267 e. The van der Waals surface area contributed by atoms with E-state index in [1.165, 1.54) is 5.69 Å². The average molecular weight is 399 g/mol. The molecule has 1 fully saturated rings. The first-order valence-electron chi connectivity index (χ1n) is 10.3. The summed E-state index contributed by atoms with van der Waals surface area (Å²) >= 11 is 0. The Bertz CT molecular complexity index is 842. The molecule has 0 radical (unpaired) electrons. The van der Waals surface area contributed by atoms with E-state index in [0.29, 0.717) is 24.0 Å². The zero-order chi connectivity index (χ0) is 20.2. The van der Waals surface area contributed by atoms with Gasteiger partial charge in [0.15, 0.2) is 11.5 Å². The van der Waals surface area contributed by atoms with Crippen LogP contribution in [0.4, 0.5) is 0 Å². The Balaban J connectivity index is 1.27. The molecule has 2 aliphatic heterocycles. The van der Waals surface area contributed by atoms with Crippen LogP contribution >= 0.6 is 0 Å². The van der Waals surface area contributed by atoms with Crippen molar-refractivity contribution in [3.63, 3.8) is 0 Å². The number of methoxy groups -OCH3 is 1. The van der Waals surface area contributed by atoms with Gasteiger partial charge in [0, 0.05) is 38.6 Å². The van der Waals surface area contributed by atoms with E-state index < -0.39 is 6.10 Å². The number of likely N-dealkylation sites (tertiary alicyclic amines) is 1. The van der Waals surface area contributed by atoms with Crippen LogP contribution in [0.25, 0.3) is 0 Å². The van der Waals surface area contributed by atoms with Gasteiger partial charge in [-0.2, -0.15) is 0 Å². The van der Waals surface area contributed by atoms with Crippen LogP contribution in [-0.4, -0.2) is 53.3 Å². The van der Waals surface area contributed by atoms with Crippen molar-refractivity contribution in [3.8, 4) is 11.5 Å². The van der Waals surface area contributed by atoms with Crippen LogP contribution in [-0.2, 0) is 22.7 Å². The van der Waals surface area contributed by atoms with Gasteiger partial charge in [-0.1, -0.05) is 12.1 Å². The van der Waals surface area contributed by atoms with Gasteiger partial charge in [0.1, 0.15) is 19.0 Å². The summed E-state index contributed by atoms with van der Waals surface area (Å²) in [5, 5.41) is 0. The number of amides is 1. The molecule has 1 amide bonds. The van der Waals surface area contributed by atoms with E-state index in [-0.39, 0.29) is 12.5 Å². The first-order valence-corrected chi connectivity index (χ1v) is 10.3. The maximum atomic E-state index is 12.9. The molecule has 2 aliphatic rings. The van der Waals surface area contributed by atoms with E-state index in [1.54, 1.807) is 7.11 Å². The van der Waals surface area contributed by atoms with Crippen LogP contribution < -0.4 is 9.47 Å². The maximum Gasteiger partial charge on any atom is 0.267 e. The molecule has 4 rings (SSSR count). The van der Waals surface area contributed by atoms with Crippen LogP contribution in [0.15, 0.2) is 30.5 Å². The van der Waals surface area contributed by atoms with Crippen LogP contribution in [0, 0.1) is 12.8 Å². The first-order chi connectivity index (χ1) is 14.2. The van der Waals surface area contributed by atoms with Gasteiger partial charge in [0.2, 0.25) is 6.10 Å². The molecule has 1 atom stereocenters. The average Bonchev–Trinajstić information content (AvgIpc) is 3.11. The summed E-state index contributed by atoms with van der Waals surface area (Å²) in [6.07, 6.45) is 4.48. The Morgan fingerprint density at radius 2 is 2.00 bits per heavy atom. The summed E-state index contributed by atoms with van der Waals surface area (Å²) in [6.45, 7) is 5.39. The molecule has 3 heterocycles. The minimum Gasteiger partial charge on any atom is -0.485 e. The van der Waals surface area contributed by atoms with Gasteiger partial charge in [-0.25, -0.2) is 4.98 Å². The van der Waals surface area contributed by atoms with Crippen molar-refractivity contribution in [2.24, 2.45) is 5.92 Å². The van der Waals surface area contributed by atoms with Crippen LogP contribution in [0.3, 0.4) is 0 Å². The summed E-state index contributed by atoms with van der Waals surface area (Å²) in [4.78, 5) is 19.2. The molecule has 1 saturated heterocycles. The number of aryl methyl sites for hydroxylation is 1. The molecule has 1 aromatic heterocycles. The number of hydrogen-bond donors (Lipinski definition) is 0. The first kappa shape index (κ1) is 19.8. The second kappa shape index (κ2) is 8.86. The lowest BCUT2D eigenvalue weighted by Gasteiger charge is -2.35. The van der Waals surface area contributed by atoms with Crippen molar-refractivity contribution in [1.82, 2.24) is 14.5 Å². The highest BCUT2D eigenvalue weighted by Gasteiger charge is 2.33. The van der Waals surface area contributed by atoms with Crippen molar-refractivity contribution in [2.45, 2.75) is 45.4 Å². The topological polar surface area (TPSA) is 65.8 Å². The van der Waals surface area contributed by atoms with Gasteiger partial charge in [-0.15, -0.1) is 0 Å². The van der Waals surface area contributed by atoms with Gasteiger partial charge in [-0.3, -0.25) is 4.79 Å². The van der Waals surface area contributed by atoms with E-state index >= 15 is 0 Å². The minimum absolute atomic E-state index is 0.0331. The third-order valence-corrected chi connectivity index (χ3v) is 5.88. The zero-order valence-electron chi connectivity index (χ0n) is 17.2. The molecule has 29 heavy (non-hydrogen) atoms. The number of hydrogen-bond acceptors (Lipinski definition) is 5. The SMILES string of the molecule is COCc1ncc(C)n1CCC1CCN(C(=O)C2COc3ccccc3O2)CC1. The van der Waals surface area contributed by atoms with E-state index in [4.69, 9.17) is 14.2 Å². The minimum atomic E-state index is -0.549. The standard InChI is InChI=1S/C22H29N3O4/c1-16-13-23-21(15-27-2)25(16)12-9-17-7-10-24(11-8-17)22(26)20-14-28-18-5-3-4-6-19(18)29-20/h3-6,13,17,20H,7-12,14-15H2,1-2H3. The molecular formula is C22H29N3O4. The molecule has 7 nitrogen and oxygen atoms in total. The van der Waals surface area contributed by atoms with Crippen molar-refractivity contribution in [1.29, 1.82) is 0 Å². The van der Waals surface area contributed by atoms with Gasteiger partial charge >= 0.3 is 0 Å². The van der Waals surface area contributed by atoms with Gasteiger partial charge < -0.3 is 23.7 Å². The lowest BCUT2D eigenvalue weighted by molar-refractivity contribution is -0.142. The third kappa shape index (κ3) is 4.40. The number of benzene rings is 1. The molecule has 0 spiro atoms.